The molecule has 0 unspecified atom stereocenters. The third-order valence-electron chi connectivity index (χ3n) is 3.68. The zero-order chi connectivity index (χ0) is 16.9. The number of ether oxygens (including phenoxy) is 1. The Bertz CT molecular complexity index is 646. The van der Waals surface area contributed by atoms with Crippen molar-refractivity contribution in [2.45, 2.75) is 6.04 Å². The molecule has 0 aliphatic carbocycles. The largest absolute Gasteiger partial charge is 0.467 e. The van der Waals surface area contributed by atoms with E-state index < -0.39 is 21.8 Å². The van der Waals surface area contributed by atoms with E-state index in [1.807, 2.05) is 6.07 Å². The fraction of sp³-hybridized carbons (Fsp3) is 0.467. The van der Waals surface area contributed by atoms with Crippen LogP contribution < -0.4 is 5.32 Å². The van der Waals surface area contributed by atoms with Crippen molar-refractivity contribution in [2.24, 2.45) is 0 Å². The third kappa shape index (κ3) is 5.04. The first kappa shape index (κ1) is 17.4. The Hall–Kier alpha value is -1.93. The summed E-state index contributed by atoms with van der Waals surface area (Å²) in [5, 5.41) is 2.65. The molecule has 1 aromatic rings. The van der Waals surface area contributed by atoms with Gasteiger partial charge < -0.3 is 10.1 Å². The molecule has 1 amide bonds. The molecule has 0 spiro atoms. The summed E-state index contributed by atoms with van der Waals surface area (Å²) in [6.07, 6.45) is 0. The molecule has 7 nitrogen and oxygen atoms in total. The molecule has 1 N–H and O–H groups in total. The Kier molecular flexibility index (Phi) is 5.73. The number of methoxy groups -OCH3 is 1. The summed E-state index contributed by atoms with van der Waals surface area (Å²) in [7, 11) is -1.72. The smallest absolute Gasteiger partial charge is 0.333 e. The minimum Gasteiger partial charge on any atom is -0.467 e. The highest BCUT2D eigenvalue weighted by atomic mass is 32.2. The zero-order valence-electron chi connectivity index (χ0n) is 12.9. The van der Waals surface area contributed by atoms with E-state index in [0.29, 0.717) is 18.7 Å². The van der Waals surface area contributed by atoms with Crippen molar-refractivity contribution in [3.05, 3.63) is 35.9 Å². The van der Waals surface area contributed by atoms with Crippen LogP contribution in [0.1, 0.15) is 11.6 Å². The number of amides is 1. The van der Waals surface area contributed by atoms with Gasteiger partial charge in [0.15, 0.2) is 15.9 Å². The molecule has 1 atom stereocenters. The number of carbonyl (C=O) groups is 2. The van der Waals surface area contributed by atoms with Gasteiger partial charge >= 0.3 is 5.97 Å². The molecule has 2 rings (SSSR count). The summed E-state index contributed by atoms with van der Waals surface area (Å²) >= 11 is 0. The van der Waals surface area contributed by atoms with Crippen LogP contribution in [0.15, 0.2) is 30.3 Å². The van der Waals surface area contributed by atoms with Gasteiger partial charge in [-0.1, -0.05) is 30.3 Å². The van der Waals surface area contributed by atoms with Crippen molar-refractivity contribution >= 4 is 21.7 Å². The summed E-state index contributed by atoms with van der Waals surface area (Å²) in [4.78, 5) is 25.8. The first-order chi connectivity index (χ1) is 10.9. The molecule has 0 radical (unpaired) electrons. The van der Waals surface area contributed by atoms with Crippen LogP contribution in [-0.2, 0) is 24.2 Å². The van der Waals surface area contributed by atoms with Gasteiger partial charge in [-0.25, -0.2) is 13.2 Å². The molecule has 1 aliphatic rings. The number of hydrogen-bond donors (Lipinski definition) is 1. The van der Waals surface area contributed by atoms with E-state index in [0.717, 1.165) is 0 Å². The number of hydrogen-bond acceptors (Lipinski definition) is 6. The van der Waals surface area contributed by atoms with Crippen LogP contribution in [0.5, 0.6) is 0 Å². The Morgan fingerprint density at radius 3 is 2.39 bits per heavy atom. The van der Waals surface area contributed by atoms with Crippen LogP contribution in [-0.4, -0.2) is 63.4 Å². The van der Waals surface area contributed by atoms with Crippen LogP contribution in [0.3, 0.4) is 0 Å². The van der Waals surface area contributed by atoms with Gasteiger partial charge in [-0.05, 0) is 5.56 Å². The number of benzene rings is 1. The standard InChI is InChI=1S/C15H20N2O5S/c1-22-15(19)14(12-5-3-2-4-6-12)16-13(18)11-17-7-9-23(20,21)10-8-17/h2-6,14H,7-11H2,1H3,(H,16,18)/t14-/m0/s1. The van der Waals surface area contributed by atoms with Gasteiger partial charge in [0.2, 0.25) is 5.91 Å². The van der Waals surface area contributed by atoms with E-state index in [2.05, 4.69) is 5.32 Å². The lowest BCUT2D eigenvalue weighted by atomic mass is 10.1. The summed E-state index contributed by atoms with van der Waals surface area (Å²) in [5.74, 6) is -0.784. The normalized spacial score (nSPS) is 18.8. The van der Waals surface area contributed by atoms with Crippen LogP contribution >= 0.6 is 0 Å². The Morgan fingerprint density at radius 2 is 1.83 bits per heavy atom. The molecule has 1 aliphatic heterocycles. The van der Waals surface area contributed by atoms with E-state index in [-0.39, 0.29) is 24.0 Å². The summed E-state index contributed by atoms with van der Waals surface area (Å²) in [6.45, 7) is 0.698. The van der Waals surface area contributed by atoms with Crippen molar-refractivity contribution in [2.75, 3.05) is 38.2 Å². The molecule has 126 valence electrons. The van der Waals surface area contributed by atoms with E-state index in [4.69, 9.17) is 4.74 Å². The number of rotatable bonds is 5. The average Bonchev–Trinajstić information content (AvgIpc) is 2.55. The number of esters is 1. The second-order valence-corrected chi connectivity index (χ2v) is 7.67. The highest BCUT2D eigenvalue weighted by molar-refractivity contribution is 7.91. The minimum atomic E-state index is -2.98. The number of carbonyl (C=O) groups excluding carboxylic acids is 2. The number of nitrogens with one attached hydrogen (secondary N) is 1. The molecular weight excluding hydrogens is 320 g/mol. The van der Waals surface area contributed by atoms with Gasteiger partial charge in [-0.2, -0.15) is 0 Å². The molecule has 1 aromatic carbocycles. The van der Waals surface area contributed by atoms with E-state index in [1.54, 1.807) is 29.2 Å². The molecular formula is C15H20N2O5S. The van der Waals surface area contributed by atoms with Crippen molar-refractivity contribution in [1.82, 2.24) is 10.2 Å². The lowest BCUT2D eigenvalue weighted by Gasteiger charge is -2.26. The molecule has 23 heavy (non-hydrogen) atoms. The van der Waals surface area contributed by atoms with Crippen LogP contribution in [0.4, 0.5) is 0 Å². The predicted octanol–water partition coefficient (Wildman–Crippen LogP) is -0.253. The second kappa shape index (κ2) is 7.56. The molecule has 1 heterocycles. The molecule has 1 saturated heterocycles. The van der Waals surface area contributed by atoms with Crippen LogP contribution in [0.2, 0.25) is 0 Å². The van der Waals surface area contributed by atoms with Crippen molar-refractivity contribution in [1.29, 1.82) is 0 Å². The summed E-state index contributed by atoms with van der Waals surface area (Å²) in [5.41, 5.74) is 0.633. The van der Waals surface area contributed by atoms with E-state index in [9.17, 15) is 18.0 Å². The highest BCUT2D eigenvalue weighted by Gasteiger charge is 2.26. The van der Waals surface area contributed by atoms with Crippen molar-refractivity contribution in [3.8, 4) is 0 Å². The van der Waals surface area contributed by atoms with E-state index in [1.165, 1.54) is 7.11 Å². The molecule has 0 bridgehead atoms. The van der Waals surface area contributed by atoms with Crippen molar-refractivity contribution in [3.63, 3.8) is 0 Å². The topological polar surface area (TPSA) is 92.8 Å². The van der Waals surface area contributed by atoms with Gasteiger partial charge in [0.25, 0.3) is 0 Å². The number of nitrogens with zero attached hydrogens (tertiary/aromatic N) is 1. The van der Waals surface area contributed by atoms with Gasteiger partial charge in [0.05, 0.1) is 25.2 Å². The maximum absolute atomic E-state index is 12.2. The Morgan fingerprint density at radius 1 is 1.22 bits per heavy atom. The molecule has 1 fully saturated rings. The highest BCUT2D eigenvalue weighted by Crippen LogP contribution is 2.14. The summed E-state index contributed by atoms with van der Waals surface area (Å²) < 4.78 is 27.5. The predicted molar refractivity (Wildman–Crippen MR) is 84.4 cm³/mol. The fourth-order valence-corrected chi connectivity index (χ4v) is 3.64. The fourth-order valence-electron chi connectivity index (χ4n) is 2.36. The quantitative estimate of drug-likeness (QED) is 0.743. The SMILES string of the molecule is COC(=O)[C@@H](NC(=O)CN1CCS(=O)(=O)CC1)c1ccccc1. The van der Waals surface area contributed by atoms with Gasteiger partial charge in [-0.15, -0.1) is 0 Å². The monoisotopic (exact) mass is 340 g/mol. The lowest BCUT2D eigenvalue weighted by molar-refractivity contribution is -0.145. The average molecular weight is 340 g/mol. The van der Waals surface area contributed by atoms with Gasteiger partial charge in [0, 0.05) is 13.1 Å². The maximum Gasteiger partial charge on any atom is 0.333 e. The lowest BCUT2D eigenvalue weighted by Crippen LogP contribution is -2.46. The maximum atomic E-state index is 12.2. The van der Waals surface area contributed by atoms with Crippen LogP contribution in [0.25, 0.3) is 0 Å². The third-order valence-corrected chi connectivity index (χ3v) is 5.29. The first-order valence-corrected chi connectivity index (χ1v) is 9.08. The second-order valence-electron chi connectivity index (χ2n) is 5.36. The van der Waals surface area contributed by atoms with E-state index >= 15 is 0 Å². The molecule has 0 aromatic heterocycles. The number of sulfone groups is 1. The Balaban J connectivity index is 1.97. The minimum absolute atomic E-state index is 0.0514. The van der Waals surface area contributed by atoms with Gasteiger partial charge in [-0.3, -0.25) is 9.69 Å². The summed E-state index contributed by atoms with van der Waals surface area (Å²) in [6, 6.07) is 7.94. The van der Waals surface area contributed by atoms with Crippen LogP contribution in [0, 0.1) is 0 Å². The van der Waals surface area contributed by atoms with Crippen molar-refractivity contribution < 1.29 is 22.7 Å². The molecule has 0 saturated carbocycles. The molecule has 8 heteroatoms. The first-order valence-electron chi connectivity index (χ1n) is 7.26. The van der Waals surface area contributed by atoms with Gasteiger partial charge in [0.1, 0.15) is 0 Å². The Labute approximate surface area is 135 Å². The zero-order valence-corrected chi connectivity index (χ0v) is 13.7.